The van der Waals surface area contributed by atoms with Crippen LogP contribution in [0.1, 0.15) is 23.0 Å². The average Bonchev–Trinajstić information content (AvgIpc) is 3.29. The van der Waals surface area contributed by atoms with Crippen molar-refractivity contribution >= 4 is 27.7 Å². The molecule has 0 spiro atoms. The van der Waals surface area contributed by atoms with E-state index < -0.39 is 29.5 Å². The highest BCUT2D eigenvalue weighted by molar-refractivity contribution is 5.82. The Morgan fingerprint density at radius 1 is 1.00 bits per heavy atom. The van der Waals surface area contributed by atoms with Crippen LogP contribution in [0.2, 0.25) is 0 Å². The molecule has 176 valence electrons. The van der Waals surface area contributed by atoms with E-state index in [0.717, 1.165) is 10.2 Å². The summed E-state index contributed by atoms with van der Waals surface area (Å²) in [4.78, 5) is 31.6. The van der Waals surface area contributed by atoms with E-state index in [1.807, 2.05) is 6.07 Å². The molecule has 7 nitrogen and oxygen atoms in total. The number of imidazole rings is 1. The molecule has 5 aromatic rings. The summed E-state index contributed by atoms with van der Waals surface area (Å²) in [6.45, 7) is -0.322. The fourth-order valence-electron chi connectivity index (χ4n) is 3.93. The van der Waals surface area contributed by atoms with E-state index in [4.69, 9.17) is 0 Å². The fraction of sp³-hybridized carbons (Fsp3) is 0.120. The minimum absolute atomic E-state index is 0.158. The van der Waals surface area contributed by atoms with Gasteiger partial charge in [0, 0.05) is 5.39 Å². The number of rotatable bonds is 5. The van der Waals surface area contributed by atoms with Crippen molar-refractivity contribution in [3.05, 3.63) is 106 Å². The van der Waals surface area contributed by atoms with Crippen molar-refractivity contribution in [2.24, 2.45) is 0 Å². The number of amides is 1. The van der Waals surface area contributed by atoms with Crippen LogP contribution >= 0.6 is 0 Å². The number of nitrogens with one attached hydrogen (secondary N) is 2. The largest absolute Gasteiger partial charge is 0.449 e. The summed E-state index contributed by atoms with van der Waals surface area (Å²) in [5.74, 6) is -1.57. The molecular formula is C25H18F3N5O2. The summed E-state index contributed by atoms with van der Waals surface area (Å²) in [5, 5.41) is 8.08. The average molecular weight is 477 g/mol. The van der Waals surface area contributed by atoms with Crippen LogP contribution < -0.4 is 10.9 Å². The fourth-order valence-corrected chi connectivity index (χ4v) is 3.93. The van der Waals surface area contributed by atoms with Gasteiger partial charge in [0.1, 0.15) is 6.54 Å². The summed E-state index contributed by atoms with van der Waals surface area (Å²) in [7, 11) is 0. The smallest absolute Gasteiger partial charge is 0.344 e. The number of fused-ring (bicyclic) bond motifs is 2. The molecule has 1 amide bonds. The Morgan fingerprint density at radius 3 is 2.51 bits per heavy atom. The number of aromatic nitrogens is 4. The Labute approximate surface area is 196 Å². The van der Waals surface area contributed by atoms with Gasteiger partial charge in [-0.1, -0.05) is 54.6 Å². The summed E-state index contributed by atoms with van der Waals surface area (Å²) in [6.07, 6.45) is -3.09. The van der Waals surface area contributed by atoms with Gasteiger partial charge in [0.15, 0.2) is 0 Å². The summed E-state index contributed by atoms with van der Waals surface area (Å²) >= 11 is 0. The lowest BCUT2D eigenvalue weighted by molar-refractivity contribution is -0.144. The van der Waals surface area contributed by atoms with Crippen molar-refractivity contribution in [3.63, 3.8) is 0 Å². The van der Waals surface area contributed by atoms with Gasteiger partial charge in [-0.15, -0.1) is 0 Å². The maximum absolute atomic E-state index is 13.1. The van der Waals surface area contributed by atoms with Crippen LogP contribution in [-0.2, 0) is 17.5 Å². The second-order valence-electron chi connectivity index (χ2n) is 7.97. The number of alkyl halides is 3. The maximum atomic E-state index is 13.1. The van der Waals surface area contributed by atoms with Gasteiger partial charge in [0.05, 0.1) is 28.7 Å². The number of hydrogen-bond acceptors (Lipinski definition) is 4. The van der Waals surface area contributed by atoms with E-state index in [1.165, 1.54) is 18.3 Å². The molecule has 5 rings (SSSR count). The minimum atomic E-state index is -4.60. The molecule has 2 heterocycles. The molecule has 0 saturated carbocycles. The number of carbonyl (C=O) groups excluding carboxylic acids is 1. The van der Waals surface area contributed by atoms with Crippen LogP contribution in [0.3, 0.4) is 0 Å². The van der Waals surface area contributed by atoms with Gasteiger partial charge in [-0.2, -0.15) is 18.3 Å². The molecule has 0 saturated heterocycles. The van der Waals surface area contributed by atoms with Gasteiger partial charge < -0.3 is 10.3 Å². The van der Waals surface area contributed by atoms with E-state index in [-0.39, 0.29) is 17.6 Å². The molecule has 0 aliphatic rings. The highest BCUT2D eigenvalue weighted by Gasteiger charge is 2.34. The number of benzene rings is 3. The van der Waals surface area contributed by atoms with E-state index >= 15 is 0 Å². The molecule has 3 aromatic carbocycles. The molecule has 2 aromatic heterocycles. The van der Waals surface area contributed by atoms with Crippen LogP contribution in [0.4, 0.5) is 13.2 Å². The number of halogens is 3. The van der Waals surface area contributed by atoms with Gasteiger partial charge in [-0.25, -0.2) is 9.67 Å². The maximum Gasteiger partial charge on any atom is 0.449 e. The topological polar surface area (TPSA) is 92.7 Å². The highest BCUT2D eigenvalue weighted by Crippen LogP contribution is 2.30. The molecule has 0 aliphatic carbocycles. The number of H-pyrrole nitrogens is 1. The van der Waals surface area contributed by atoms with Crippen molar-refractivity contribution in [2.45, 2.75) is 18.8 Å². The Hall–Kier alpha value is -4.47. The summed E-state index contributed by atoms with van der Waals surface area (Å²) in [5.41, 5.74) is 1.22. The first kappa shape index (κ1) is 22.3. The molecule has 35 heavy (non-hydrogen) atoms. The van der Waals surface area contributed by atoms with Crippen LogP contribution in [0, 0.1) is 0 Å². The SMILES string of the molecule is O=C(Cn1ncc2ccccc2c1=O)NC(c1ccccc1)c1ccc2nc(C(F)(F)F)[nH]c2c1. The zero-order valence-corrected chi connectivity index (χ0v) is 18.1. The molecule has 2 N–H and O–H groups in total. The number of nitrogens with zero attached hydrogens (tertiary/aromatic N) is 3. The highest BCUT2D eigenvalue weighted by atomic mass is 19.4. The third-order valence-corrected chi connectivity index (χ3v) is 5.60. The molecule has 0 bridgehead atoms. The molecule has 0 fully saturated rings. The predicted molar refractivity (Wildman–Crippen MR) is 124 cm³/mol. The minimum Gasteiger partial charge on any atom is -0.344 e. The summed E-state index contributed by atoms with van der Waals surface area (Å²) < 4.78 is 40.3. The molecule has 0 radical (unpaired) electrons. The van der Waals surface area contributed by atoms with Crippen molar-refractivity contribution in [2.75, 3.05) is 0 Å². The first-order valence-corrected chi connectivity index (χ1v) is 10.7. The first-order chi connectivity index (χ1) is 16.8. The lowest BCUT2D eigenvalue weighted by atomic mass is 9.98. The Balaban J connectivity index is 1.47. The molecule has 1 atom stereocenters. The van der Waals surface area contributed by atoms with Crippen LogP contribution in [0.5, 0.6) is 0 Å². The third kappa shape index (κ3) is 4.50. The molecule has 10 heteroatoms. The van der Waals surface area contributed by atoms with Crippen molar-refractivity contribution in [1.82, 2.24) is 25.1 Å². The monoisotopic (exact) mass is 477 g/mol. The van der Waals surface area contributed by atoms with E-state index in [2.05, 4.69) is 20.4 Å². The van der Waals surface area contributed by atoms with Gasteiger partial charge in [0.25, 0.3) is 5.56 Å². The van der Waals surface area contributed by atoms with Crippen LogP contribution in [0.15, 0.2) is 83.8 Å². The molecular weight excluding hydrogens is 459 g/mol. The first-order valence-electron chi connectivity index (χ1n) is 10.7. The van der Waals surface area contributed by atoms with Crippen molar-refractivity contribution in [3.8, 4) is 0 Å². The normalized spacial score (nSPS) is 12.7. The third-order valence-electron chi connectivity index (χ3n) is 5.60. The standard InChI is InChI=1S/C25H18F3N5O2/c26-25(27,28)24-30-19-11-10-16(12-20(19)31-24)22(15-6-2-1-3-7-15)32-21(34)14-33-23(35)18-9-5-4-8-17(18)13-29-33/h1-13,22H,14H2,(H,30,31)(H,32,34). The van der Waals surface area contributed by atoms with Gasteiger partial charge in [-0.3, -0.25) is 9.59 Å². The molecule has 0 aliphatic heterocycles. The zero-order chi connectivity index (χ0) is 24.6. The predicted octanol–water partition coefficient (Wildman–Crippen LogP) is 4.20. The van der Waals surface area contributed by atoms with Gasteiger partial charge in [-0.05, 0) is 29.3 Å². The summed E-state index contributed by atoms with van der Waals surface area (Å²) in [6, 6.07) is 19.9. The zero-order valence-electron chi connectivity index (χ0n) is 18.1. The van der Waals surface area contributed by atoms with E-state index in [9.17, 15) is 22.8 Å². The Bertz CT molecular complexity index is 1590. The Kier molecular flexibility index (Phi) is 5.56. The van der Waals surface area contributed by atoms with Gasteiger partial charge in [0.2, 0.25) is 11.7 Å². The molecule has 1 unspecified atom stereocenters. The lowest BCUT2D eigenvalue weighted by Crippen LogP contribution is -2.36. The van der Waals surface area contributed by atoms with E-state index in [0.29, 0.717) is 16.3 Å². The van der Waals surface area contributed by atoms with Crippen LogP contribution in [-0.4, -0.2) is 25.7 Å². The van der Waals surface area contributed by atoms with Crippen molar-refractivity contribution < 1.29 is 18.0 Å². The number of aromatic amines is 1. The number of hydrogen-bond donors (Lipinski definition) is 2. The van der Waals surface area contributed by atoms with Crippen molar-refractivity contribution in [1.29, 1.82) is 0 Å². The quantitative estimate of drug-likeness (QED) is 0.397. The van der Waals surface area contributed by atoms with E-state index in [1.54, 1.807) is 54.6 Å². The lowest BCUT2D eigenvalue weighted by Gasteiger charge is -2.20. The van der Waals surface area contributed by atoms with Crippen LogP contribution in [0.25, 0.3) is 21.8 Å². The second kappa shape index (κ2) is 8.71. The number of carbonyl (C=O) groups is 1. The van der Waals surface area contributed by atoms with Gasteiger partial charge >= 0.3 is 6.18 Å². The second-order valence-corrected chi connectivity index (χ2v) is 7.97. The Morgan fingerprint density at radius 2 is 1.74 bits per heavy atom.